The van der Waals surface area contributed by atoms with Gasteiger partial charge in [-0.25, -0.2) is 0 Å². The molecule has 0 unspecified atom stereocenters. The van der Waals surface area contributed by atoms with E-state index in [-0.39, 0.29) is 17.3 Å². The van der Waals surface area contributed by atoms with Crippen molar-refractivity contribution in [2.75, 3.05) is 23.9 Å². The van der Waals surface area contributed by atoms with Crippen LogP contribution in [0.2, 0.25) is 0 Å². The first-order valence-electron chi connectivity index (χ1n) is 7.99. The Labute approximate surface area is 145 Å². The summed E-state index contributed by atoms with van der Waals surface area (Å²) in [6, 6.07) is 11.9. The van der Waals surface area contributed by atoms with Crippen LogP contribution in [0.3, 0.4) is 0 Å². The van der Waals surface area contributed by atoms with Crippen LogP contribution in [-0.2, 0) is 11.2 Å². The van der Waals surface area contributed by atoms with Gasteiger partial charge >= 0.3 is 0 Å². The largest absolute Gasteiger partial charge is 0.496 e. The Morgan fingerprint density at radius 2 is 2.08 bits per heavy atom. The molecular formula is C18H19N3O4. The molecule has 0 aromatic heterocycles. The van der Waals surface area contributed by atoms with Crippen molar-refractivity contribution in [2.45, 2.75) is 19.4 Å². The maximum atomic E-state index is 12.6. The van der Waals surface area contributed by atoms with Gasteiger partial charge in [-0.2, -0.15) is 0 Å². The molecule has 0 spiro atoms. The summed E-state index contributed by atoms with van der Waals surface area (Å²) in [5, 5.41) is 13.9. The number of methoxy groups -OCH3 is 1. The summed E-state index contributed by atoms with van der Waals surface area (Å²) in [7, 11) is 1.43. The maximum Gasteiger partial charge on any atom is 0.296 e. The lowest BCUT2D eigenvalue weighted by Crippen LogP contribution is -2.41. The number of hydrogen-bond acceptors (Lipinski definition) is 5. The number of ether oxygens (including phenoxy) is 1. The molecule has 7 nitrogen and oxygen atoms in total. The van der Waals surface area contributed by atoms with Crippen molar-refractivity contribution in [1.82, 2.24) is 0 Å². The van der Waals surface area contributed by atoms with Crippen LogP contribution in [0.4, 0.5) is 17.1 Å². The molecule has 0 fully saturated rings. The van der Waals surface area contributed by atoms with E-state index in [1.807, 2.05) is 29.2 Å². The number of nitrogens with zero attached hydrogens (tertiary/aromatic N) is 2. The number of nitro benzene ring substituents is 1. The molecule has 7 heteroatoms. The topological polar surface area (TPSA) is 84.7 Å². The van der Waals surface area contributed by atoms with E-state index in [1.165, 1.54) is 24.8 Å². The van der Waals surface area contributed by atoms with Crippen molar-refractivity contribution in [3.8, 4) is 5.75 Å². The Hall–Kier alpha value is -3.09. The van der Waals surface area contributed by atoms with E-state index in [0.29, 0.717) is 5.75 Å². The fraction of sp³-hybridized carbons (Fsp3) is 0.278. The highest BCUT2D eigenvalue weighted by Gasteiger charge is 2.28. The van der Waals surface area contributed by atoms with Crippen LogP contribution >= 0.6 is 0 Å². The van der Waals surface area contributed by atoms with Crippen molar-refractivity contribution in [3.63, 3.8) is 0 Å². The van der Waals surface area contributed by atoms with Gasteiger partial charge in [-0.1, -0.05) is 18.2 Å². The van der Waals surface area contributed by atoms with Crippen LogP contribution in [0.15, 0.2) is 42.5 Å². The van der Waals surface area contributed by atoms with Crippen molar-refractivity contribution in [1.29, 1.82) is 0 Å². The van der Waals surface area contributed by atoms with E-state index in [4.69, 9.17) is 4.74 Å². The molecule has 25 heavy (non-hydrogen) atoms. The smallest absolute Gasteiger partial charge is 0.296 e. The number of para-hydroxylation sites is 1. The fourth-order valence-electron chi connectivity index (χ4n) is 3.04. The lowest BCUT2D eigenvalue weighted by Gasteiger charge is -2.26. The van der Waals surface area contributed by atoms with Crippen molar-refractivity contribution >= 4 is 23.0 Å². The van der Waals surface area contributed by atoms with E-state index in [2.05, 4.69) is 5.32 Å². The predicted octanol–water partition coefficient (Wildman–Crippen LogP) is 2.99. The van der Waals surface area contributed by atoms with Gasteiger partial charge in [-0.3, -0.25) is 14.9 Å². The number of nitrogens with one attached hydrogen (secondary N) is 1. The molecule has 1 N–H and O–H groups in total. The SMILES string of the molecule is COc1ccc(NC(=O)[C@@H](C)N2CCc3ccccc32)c([N+](=O)[O-])c1. The average molecular weight is 341 g/mol. The molecule has 0 saturated heterocycles. The number of fused-ring (bicyclic) bond motifs is 1. The summed E-state index contributed by atoms with van der Waals surface area (Å²) in [5.74, 6) is 0.0798. The highest BCUT2D eigenvalue weighted by Crippen LogP contribution is 2.31. The molecule has 130 valence electrons. The number of anilines is 2. The van der Waals surface area contributed by atoms with Crippen molar-refractivity contribution < 1.29 is 14.5 Å². The van der Waals surface area contributed by atoms with Crippen molar-refractivity contribution in [2.24, 2.45) is 0 Å². The molecule has 1 heterocycles. The number of hydrogen-bond donors (Lipinski definition) is 1. The molecule has 2 aromatic rings. The van der Waals surface area contributed by atoms with E-state index in [9.17, 15) is 14.9 Å². The summed E-state index contributed by atoms with van der Waals surface area (Å²) in [6.45, 7) is 2.55. The van der Waals surface area contributed by atoms with Crippen molar-refractivity contribution in [3.05, 3.63) is 58.1 Å². The van der Waals surface area contributed by atoms with Gasteiger partial charge in [0.25, 0.3) is 5.69 Å². The molecule has 0 bridgehead atoms. The Kier molecular flexibility index (Phi) is 4.56. The van der Waals surface area contributed by atoms with Gasteiger partial charge < -0.3 is 15.0 Å². The molecule has 0 saturated carbocycles. The molecule has 0 radical (unpaired) electrons. The van der Waals surface area contributed by atoms with Gasteiger partial charge in [0, 0.05) is 12.2 Å². The third-order valence-electron chi connectivity index (χ3n) is 4.43. The standard InChI is InChI=1S/C18H19N3O4/c1-12(20-10-9-13-5-3-4-6-16(13)20)18(22)19-15-8-7-14(25-2)11-17(15)21(23)24/h3-8,11-12H,9-10H2,1-2H3,(H,19,22)/t12-/m1/s1. The average Bonchev–Trinajstić information content (AvgIpc) is 3.05. The quantitative estimate of drug-likeness (QED) is 0.667. The summed E-state index contributed by atoms with van der Waals surface area (Å²) in [4.78, 5) is 25.4. The predicted molar refractivity (Wildman–Crippen MR) is 95.2 cm³/mol. The zero-order valence-electron chi connectivity index (χ0n) is 14.1. The zero-order chi connectivity index (χ0) is 18.0. The number of amides is 1. The van der Waals surface area contributed by atoms with Crippen LogP contribution in [0.5, 0.6) is 5.75 Å². The second-order valence-electron chi connectivity index (χ2n) is 5.88. The monoisotopic (exact) mass is 341 g/mol. The van der Waals surface area contributed by atoms with Gasteiger partial charge in [0.05, 0.1) is 18.1 Å². The third-order valence-corrected chi connectivity index (χ3v) is 4.43. The molecule has 1 aliphatic heterocycles. The molecule has 3 rings (SSSR count). The third kappa shape index (κ3) is 3.26. The summed E-state index contributed by atoms with van der Waals surface area (Å²) < 4.78 is 5.01. The number of nitro groups is 1. The fourth-order valence-corrected chi connectivity index (χ4v) is 3.04. The number of carbonyl (C=O) groups is 1. The second kappa shape index (κ2) is 6.80. The minimum absolute atomic E-state index is 0.162. The second-order valence-corrected chi connectivity index (χ2v) is 5.88. The number of carbonyl (C=O) groups excluding carboxylic acids is 1. The van der Waals surface area contributed by atoms with Gasteiger partial charge in [0.1, 0.15) is 17.5 Å². The lowest BCUT2D eigenvalue weighted by molar-refractivity contribution is -0.384. The van der Waals surface area contributed by atoms with Crippen LogP contribution in [0.1, 0.15) is 12.5 Å². The van der Waals surface area contributed by atoms with E-state index >= 15 is 0 Å². The van der Waals surface area contributed by atoms with Gasteiger partial charge in [0.2, 0.25) is 5.91 Å². The van der Waals surface area contributed by atoms with Crippen LogP contribution in [0, 0.1) is 10.1 Å². The summed E-state index contributed by atoms with van der Waals surface area (Å²) in [5.41, 5.74) is 2.21. The summed E-state index contributed by atoms with van der Waals surface area (Å²) >= 11 is 0. The van der Waals surface area contributed by atoms with E-state index in [0.717, 1.165) is 18.7 Å². The first-order valence-corrected chi connectivity index (χ1v) is 7.99. The first-order chi connectivity index (χ1) is 12.0. The first kappa shape index (κ1) is 16.8. The number of benzene rings is 2. The molecule has 1 aliphatic rings. The minimum Gasteiger partial charge on any atom is -0.496 e. The zero-order valence-corrected chi connectivity index (χ0v) is 14.1. The van der Waals surface area contributed by atoms with Gasteiger partial charge in [-0.05, 0) is 37.1 Å². The van der Waals surface area contributed by atoms with E-state index in [1.54, 1.807) is 13.0 Å². The molecule has 1 atom stereocenters. The minimum atomic E-state index is -0.534. The van der Waals surface area contributed by atoms with Gasteiger partial charge in [-0.15, -0.1) is 0 Å². The lowest BCUT2D eigenvalue weighted by atomic mass is 10.1. The molecule has 2 aromatic carbocycles. The highest BCUT2D eigenvalue weighted by atomic mass is 16.6. The van der Waals surface area contributed by atoms with Crippen LogP contribution < -0.4 is 15.0 Å². The molecular weight excluding hydrogens is 322 g/mol. The maximum absolute atomic E-state index is 12.6. The van der Waals surface area contributed by atoms with E-state index < -0.39 is 11.0 Å². The Morgan fingerprint density at radius 1 is 1.32 bits per heavy atom. The normalized spacial score (nSPS) is 13.9. The highest BCUT2D eigenvalue weighted by molar-refractivity contribution is 5.98. The van der Waals surface area contributed by atoms with Crippen LogP contribution in [0.25, 0.3) is 0 Å². The number of rotatable bonds is 5. The Morgan fingerprint density at radius 3 is 2.80 bits per heavy atom. The Bertz CT molecular complexity index is 822. The Balaban J connectivity index is 1.80. The summed E-state index contributed by atoms with van der Waals surface area (Å²) in [6.07, 6.45) is 0.885. The van der Waals surface area contributed by atoms with Gasteiger partial charge in [0.15, 0.2) is 0 Å². The molecule has 0 aliphatic carbocycles. The molecule has 1 amide bonds. The van der Waals surface area contributed by atoms with Crippen LogP contribution in [-0.4, -0.2) is 30.5 Å².